The molecule has 0 spiro atoms. The second-order valence-electron chi connectivity index (χ2n) is 5.11. The van der Waals surface area contributed by atoms with Crippen LogP contribution in [0.25, 0.3) is 11.5 Å². The van der Waals surface area contributed by atoms with E-state index in [-0.39, 0.29) is 0 Å². The zero-order valence-electron chi connectivity index (χ0n) is 12.7. The molecular formula is C15H23N5. The van der Waals surface area contributed by atoms with Crippen LogP contribution >= 0.6 is 0 Å². The summed E-state index contributed by atoms with van der Waals surface area (Å²) in [7, 11) is 0. The molecule has 1 N–H and O–H groups in total. The Morgan fingerprint density at radius 1 is 1.20 bits per heavy atom. The van der Waals surface area contributed by atoms with Gasteiger partial charge in [-0.25, -0.2) is 15.0 Å². The van der Waals surface area contributed by atoms with Crippen LogP contribution in [0.1, 0.15) is 45.6 Å². The predicted octanol–water partition coefficient (Wildman–Crippen LogP) is 3.31. The summed E-state index contributed by atoms with van der Waals surface area (Å²) in [4.78, 5) is 13.4. The molecule has 0 radical (unpaired) electrons. The highest BCUT2D eigenvalue weighted by Gasteiger charge is 2.19. The second kappa shape index (κ2) is 6.50. The molecule has 0 unspecified atom stereocenters. The zero-order chi connectivity index (χ0) is 14.5. The number of hydrogen-bond donors (Lipinski definition) is 1. The number of hydrogen-bond acceptors (Lipinski definition) is 4. The monoisotopic (exact) mass is 273 g/mol. The summed E-state index contributed by atoms with van der Waals surface area (Å²) in [5, 5.41) is 3.32. The summed E-state index contributed by atoms with van der Waals surface area (Å²) in [6.07, 6.45) is 6.54. The number of aromatic nitrogens is 4. The van der Waals surface area contributed by atoms with Crippen molar-refractivity contribution in [2.75, 3.05) is 11.9 Å². The molecule has 0 aliphatic rings. The Balaban J connectivity index is 2.55. The van der Waals surface area contributed by atoms with Gasteiger partial charge in [0, 0.05) is 31.0 Å². The third-order valence-electron chi connectivity index (χ3n) is 3.20. The quantitative estimate of drug-likeness (QED) is 0.877. The fourth-order valence-corrected chi connectivity index (χ4v) is 2.38. The van der Waals surface area contributed by atoms with Gasteiger partial charge in [-0.15, -0.1) is 0 Å². The second-order valence-corrected chi connectivity index (χ2v) is 5.11. The van der Waals surface area contributed by atoms with Crippen LogP contribution in [0, 0.1) is 0 Å². The van der Waals surface area contributed by atoms with Gasteiger partial charge in [0.05, 0.1) is 0 Å². The van der Waals surface area contributed by atoms with E-state index in [0.29, 0.717) is 5.92 Å². The van der Waals surface area contributed by atoms with Crippen molar-refractivity contribution in [2.45, 2.75) is 46.6 Å². The van der Waals surface area contributed by atoms with E-state index in [9.17, 15) is 0 Å². The van der Waals surface area contributed by atoms with Gasteiger partial charge < -0.3 is 9.88 Å². The summed E-state index contributed by atoms with van der Waals surface area (Å²) in [5.74, 6) is 2.18. The highest BCUT2D eigenvalue weighted by Crippen LogP contribution is 2.31. The van der Waals surface area contributed by atoms with E-state index in [4.69, 9.17) is 0 Å². The largest absolute Gasteiger partial charge is 0.370 e. The van der Waals surface area contributed by atoms with Crippen LogP contribution in [-0.2, 0) is 6.54 Å². The fourth-order valence-electron chi connectivity index (χ4n) is 2.38. The van der Waals surface area contributed by atoms with Crippen molar-refractivity contribution in [1.29, 1.82) is 0 Å². The first kappa shape index (κ1) is 14.5. The predicted molar refractivity (Wildman–Crippen MR) is 81.8 cm³/mol. The van der Waals surface area contributed by atoms with Gasteiger partial charge in [0.25, 0.3) is 0 Å². The average molecular weight is 273 g/mol. The first-order valence-electron chi connectivity index (χ1n) is 7.29. The topological polar surface area (TPSA) is 55.6 Å². The standard InChI is InChI=1S/C15H23N5/c1-5-8-20-9-7-17-15(20)13-12(11(3)4)14(16-6-2)19-10-18-13/h7,9-11H,5-6,8H2,1-4H3,(H,16,18,19). The Morgan fingerprint density at radius 2 is 2.00 bits per heavy atom. The highest BCUT2D eigenvalue weighted by molar-refractivity contribution is 5.64. The van der Waals surface area contributed by atoms with Gasteiger partial charge in [-0.3, -0.25) is 0 Å². The number of nitrogens with zero attached hydrogens (tertiary/aromatic N) is 4. The van der Waals surface area contributed by atoms with Gasteiger partial charge in [-0.1, -0.05) is 20.8 Å². The van der Waals surface area contributed by atoms with Crippen molar-refractivity contribution in [3.8, 4) is 11.5 Å². The molecule has 0 saturated carbocycles. The van der Waals surface area contributed by atoms with Gasteiger partial charge in [0.1, 0.15) is 17.8 Å². The minimum Gasteiger partial charge on any atom is -0.370 e. The summed E-state index contributed by atoms with van der Waals surface area (Å²) >= 11 is 0. The molecule has 2 heterocycles. The minimum atomic E-state index is 0.340. The molecule has 0 aliphatic heterocycles. The summed E-state index contributed by atoms with van der Waals surface area (Å²) in [5.41, 5.74) is 2.07. The number of imidazole rings is 1. The molecule has 2 aromatic heterocycles. The molecule has 0 bridgehead atoms. The lowest BCUT2D eigenvalue weighted by Crippen LogP contribution is -2.10. The Labute approximate surface area is 120 Å². The molecule has 20 heavy (non-hydrogen) atoms. The normalized spacial score (nSPS) is 11.1. The van der Waals surface area contributed by atoms with Crippen LogP contribution in [0.5, 0.6) is 0 Å². The Kier molecular flexibility index (Phi) is 4.71. The molecule has 5 heteroatoms. The molecule has 0 amide bonds. The molecule has 5 nitrogen and oxygen atoms in total. The van der Waals surface area contributed by atoms with Gasteiger partial charge in [0.15, 0.2) is 5.82 Å². The zero-order valence-corrected chi connectivity index (χ0v) is 12.7. The lowest BCUT2D eigenvalue weighted by molar-refractivity contribution is 0.682. The van der Waals surface area contributed by atoms with Gasteiger partial charge in [0.2, 0.25) is 0 Å². The van der Waals surface area contributed by atoms with Crippen LogP contribution < -0.4 is 5.32 Å². The van der Waals surface area contributed by atoms with E-state index in [1.165, 1.54) is 0 Å². The minimum absolute atomic E-state index is 0.340. The van der Waals surface area contributed by atoms with Crippen molar-refractivity contribution in [2.24, 2.45) is 0 Å². The first-order valence-corrected chi connectivity index (χ1v) is 7.29. The highest BCUT2D eigenvalue weighted by atomic mass is 15.1. The van der Waals surface area contributed by atoms with Crippen molar-refractivity contribution in [3.05, 3.63) is 24.3 Å². The summed E-state index contributed by atoms with van der Waals surface area (Å²) in [6.45, 7) is 10.4. The maximum absolute atomic E-state index is 4.49. The Hall–Kier alpha value is -1.91. The maximum Gasteiger partial charge on any atom is 0.159 e. The van der Waals surface area contributed by atoms with Gasteiger partial charge >= 0.3 is 0 Å². The number of aryl methyl sites for hydroxylation is 1. The summed E-state index contributed by atoms with van der Waals surface area (Å²) in [6, 6.07) is 0. The molecule has 108 valence electrons. The van der Waals surface area contributed by atoms with Gasteiger partial charge in [-0.2, -0.15) is 0 Å². The van der Waals surface area contributed by atoms with Crippen molar-refractivity contribution < 1.29 is 0 Å². The van der Waals surface area contributed by atoms with Crippen molar-refractivity contribution in [1.82, 2.24) is 19.5 Å². The molecule has 0 atom stereocenters. The molecular weight excluding hydrogens is 250 g/mol. The maximum atomic E-state index is 4.49. The van der Waals surface area contributed by atoms with Crippen molar-refractivity contribution >= 4 is 5.82 Å². The SMILES string of the molecule is CCCn1ccnc1-c1ncnc(NCC)c1C(C)C. The van der Waals surface area contributed by atoms with Crippen LogP contribution in [0.2, 0.25) is 0 Å². The van der Waals surface area contributed by atoms with E-state index in [1.807, 2.05) is 12.4 Å². The molecule has 0 aliphatic carbocycles. The van der Waals surface area contributed by atoms with E-state index in [0.717, 1.165) is 42.4 Å². The summed E-state index contributed by atoms with van der Waals surface area (Å²) < 4.78 is 2.16. The number of rotatable bonds is 6. The Bertz CT molecular complexity index is 559. The third kappa shape index (κ3) is 2.81. The molecule has 0 fully saturated rings. The molecule has 0 saturated heterocycles. The average Bonchev–Trinajstić information content (AvgIpc) is 2.87. The molecule has 0 aromatic carbocycles. The van der Waals surface area contributed by atoms with Crippen LogP contribution in [0.4, 0.5) is 5.82 Å². The number of anilines is 1. The van der Waals surface area contributed by atoms with Crippen LogP contribution in [-0.4, -0.2) is 26.1 Å². The van der Waals surface area contributed by atoms with Crippen LogP contribution in [0.15, 0.2) is 18.7 Å². The third-order valence-corrected chi connectivity index (χ3v) is 3.20. The smallest absolute Gasteiger partial charge is 0.159 e. The van der Waals surface area contributed by atoms with E-state index in [2.05, 4.69) is 52.5 Å². The van der Waals surface area contributed by atoms with E-state index >= 15 is 0 Å². The van der Waals surface area contributed by atoms with E-state index < -0.39 is 0 Å². The number of nitrogens with one attached hydrogen (secondary N) is 1. The fraction of sp³-hybridized carbons (Fsp3) is 0.533. The van der Waals surface area contributed by atoms with Crippen molar-refractivity contribution in [3.63, 3.8) is 0 Å². The van der Waals surface area contributed by atoms with Gasteiger partial charge in [-0.05, 0) is 19.3 Å². The van der Waals surface area contributed by atoms with E-state index in [1.54, 1.807) is 6.33 Å². The lowest BCUT2D eigenvalue weighted by atomic mass is 10.0. The molecule has 2 rings (SSSR count). The lowest BCUT2D eigenvalue weighted by Gasteiger charge is -2.16. The molecule has 2 aromatic rings. The van der Waals surface area contributed by atoms with Crippen LogP contribution in [0.3, 0.4) is 0 Å². The Morgan fingerprint density at radius 3 is 2.65 bits per heavy atom. The first-order chi connectivity index (χ1) is 9.69.